The zero-order valence-corrected chi connectivity index (χ0v) is 16.7. The number of ketones is 1. The van der Waals surface area contributed by atoms with Crippen LogP contribution in [-0.4, -0.2) is 34.7 Å². The minimum absolute atomic E-state index is 0.0223. The standard InChI is InChI=1S/C20H15Cl2N3O4/c1-29-20(28)10-6-13(21)15(14(22)7-10)17(26)12-8-24-16-11(12)4-5-23-18(16)25-19(27)9-2-3-9/h4-9,24H,2-3H2,1H3,(H,23,25,27). The van der Waals surface area contributed by atoms with Gasteiger partial charge in [0.25, 0.3) is 0 Å². The fourth-order valence-corrected chi connectivity index (χ4v) is 3.72. The summed E-state index contributed by atoms with van der Waals surface area (Å²) >= 11 is 12.5. The highest BCUT2D eigenvalue weighted by Gasteiger charge is 2.30. The number of rotatable bonds is 5. The minimum atomic E-state index is -0.609. The number of nitrogens with zero attached hydrogens (tertiary/aromatic N) is 1. The van der Waals surface area contributed by atoms with Gasteiger partial charge in [-0.25, -0.2) is 9.78 Å². The fourth-order valence-electron chi connectivity index (χ4n) is 3.06. The highest BCUT2D eigenvalue weighted by Crippen LogP contribution is 2.34. The van der Waals surface area contributed by atoms with Crippen LogP contribution in [0.2, 0.25) is 10.0 Å². The number of ether oxygens (including phenoxy) is 1. The Balaban J connectivity index is 1.73. The van der Waals surface area contributed by atoms with E-state index in [0.29, 0.717) is 22.3 Å². The van der Waals surface area contributed by atoms with Gasteiger partial charge >= 0.3 is 5.97 Å². The molecule has 0 spiro atoms. The van der Waals surface area contributed by atoms with E-state index in [1.54, 1.807) is 6.07 Å². The number of methoxy groups -OCH3 is 1. The summed E-state index contributed by atoms with van der Waals surface area (Å²) in [6, 6.07) is 4.34. The first kappa shape index (κ1) is 19.4. The third kappa shape index (κ3) is 3.59. The Morgan fingerprint density at radius 3 is 2.52 bits per heavy atom. The Morgan fingerprint density at radius 2 is 1.90 bits per heavy atom. The zero-order valence-electron chi connectivity index (χ0n) is 15.2. The number of H-pyrrole nitrogens is 1. The van der Waals surface area contributed by atoms with Crippen LogP contribution in [0.4, 0.5) is 5.82 Å². The Morgan fingerprint density at radius 1 is 1.21 bits per heavy atom. The maximum absolute atomic E-state index is 13.2. The van der Waals surface area contributed by atoms with E-state index >= 15 is 0 Å². The van der Waals surface area contributed by atoms with Crippen molar-refractivity contribution in [2.75, 3.05) is 12.4 Å². The predicted molar refractivity (Wildman–Crippen MR) is 109 cm³/mol. The summed E-state index contributed by atoms with van der Waals surface area (Å²) in [7, 11) is 1.24. The first-order valence-electron chi connectivity index (χ1n) is 8.79. The zero-order chi connectivity index (χ0) is 20.7. The van der Waals surface area contributed by atoms with E-state index in [0.717, 1.165) is 12.8 Å². The van der Waals surface area contributed by atoms with Crippen molar-refractivity contribution in [2.45, 2.75) is 12.8 Å². The molecular weight excluding hydrogens is 417 g/mol. The van der Waals surface area contributed by atoms with Gasteiger partial charge in [-0.1, -0.05) is 23.2 Å². The molecule has 1 aliphatic carbocycles. The van der Waals surface area contributed by atoms with Crippen molar-refractivity contribution in [3.63, 3.8) is 0 Å². The van der Waals surface area contributed by atoms with Gasteiger partial charge < -0.3 is 15.0 Å². The molecule has 29 heavy (non-hydrogen) atoms. The number of hydrogen-bond acceptors (Lipinski definition) is 5. The van der Waals surface area contributed by atoms with Crippen molar-refractivity contribution < 1.29 is 19.1 Å². The number of benzene rings is 1. The lowest BCUT2D eigenvalue weighted by molar-refractivity contribution is -0.117. The molecule has 4 rings (SSSR count). The Kier molecular flexibility index (Phi) is 5.02. The second-order valence-electron chi connectivity index (χ2n) is 6.68. The molecule has 1 aromatic carbocycles. The lowest BCUT2D eigenvalue weighted by atomic mass is 10.0. The van der Waals surface area contributed by atoms with Crippen LogP contribution in [0.5, 0.6) is 0 Å². The average molecular weight is 432 g/mol. The highest BCUT2D eigenvalue weighted by molar-refractivity contribution is 6.42. The molecule has 3 aromatic rings. The number of aromatic nitrogens is 2. The molecule has 0 bridgehead atoms. The maximum Gasteiger partial charge on any atom is 0.337 e. The third-order valence-electron chi connectivity index (χ3n) is 4.73. The molecule has 2 heterocycles. The average Bonchev–Trinajstić information content (AvgIpc) is 3.46. The SMILES string of the molecule is COC(=O)c1cc(Cl)c(C(=O)c2c[nH]c3c(NC(=O)C4CC4)nccc23)c(Cl)c1. The summed E-state index contributed by atoms with van der Waals surface area (Å²) in [4.78, 5) is 44.1. The van der Waals surface area contributed by atoms with Crippen molar-refractivity contribution in [2.24, 2.45) is 5.92 Å². The van der Waals surface area contributed by atoms with Crippen molar-refractivity contribution >= 4 is 57.6 Å². The van der Waals surface area contributed by atoms with Gasteiger partial charge in [-0.3, -0.25) is 9.59 Å². The second kappa shape index (κ2) is 7.50. The van der Waals surface area contributed by atoms with Crippen molar-refractivity contribution in [3.8, 4) is 0 Å². The van der Waals surface area contributed by atoms with Crippen LogP contribution >= 0.6 is 23.2 Å². The van der Waals surface area contributed by atoms with Crippen LogP contribution < -0.4 is 5.32 Å². The minimum Gasteiger partial charge on any atom is -0.465 e. The molecule has 2 N–H and O–H groups in total. The summed E-state index contributed by atoms with van der Waals surface area (Å²) in [5, 5.41) is 3.43. The highest BCUT2D eigenvalue weighted by atomic mass is 35.5. The normalized spacial score (nSPS) is 13.3. The summed E-state index contributed by atoms with van der Waals surface area (Å²) in [5.41, 5.74) is 1.07. The molecule has 7 nitrogen and oxygen atoms in total. The predicted octanol–water partition coefficient (Wildman–Crippen LogP) is 4.24. The lowest BCUT2D eigenvalue weighted by Gasteiger charge is -2.08. The molecule has 1 amide bonds. The van der Waals surface area contributed by atoms with Crippen LogP contribution in [0.1, 0.15) is 39.1 Å². The quantitative estimate of drug-likeness (QED) is 0.464. The largest absolute Gasteiger partial charge is 0.465 e. The second-order valence-corrected chi connectivity index (χ2v) is 7.50. The first-order chi connectivity index (χ1) is 13.9. The van der Waals surface area contributed by atoms with Gasteiger partial charge in [-0.15, -0.1) is 0 Å². The molecule has 0 aliphatic heterocycles. The van der Waals surface area contributed by atoms with E-state index in [2.05, 4.69) is 20.0 Å². The number of carbonyl (C=O) groups excluding carboxylic acids is 3. The smallest absolute Gasteiger partial charge is 0.337 e. The molecule has 1 aliphatic rings. The van der Waals surface area contributed by atoms with Crippen LogP contribution in [0, 0.1) is 5.92 Å². The molecule has 0 saturated heterocycles. The molecule has 0 radical (unpaired) electrons. The number of hydrogen-bond donors (Lipinski definition) is 2. The fraction of sp³-hybridized carbons (Fsp3) is 0.200. The number of amides is 1. The van der Waals surface area contributed by atoms with Gasteiger partial charge in [-0.2, -0.15) is 0 Å². The van der Waals surface area contributed by atoms with E-state index in [1.165, 1.54) is 31.6 Å². The number of pyridine rings is 1. The topological polar surface area (TPSA) is 101 Å². The monoisotopic (exact) mass is 431 g/mol. The van der Waals surface area contributed by atoms with Crippen LogP contribution in [0.15, 0.2) is 30.6 Å². The molecule has 0 atom stereocenters. The van der Waals surface area contributed by atoms with Gasteiger partial charge in [-0.05, 0) is 31.0 Å². The van der Waals surface area contributed by atoms with Crippen LogP contribution in [0.3, 0.4) is 0 Å². The number of halogens is 2. The van der Waals surface area contributed by atoms with E-state index in [-0.39, 0.29) is 33.0 Å². The number of aromatic amines is 1. The third-order valence-corrected chi connectivity index (χ3v) is 5.32. The maximum atomic E-state index is 13.2. The summed E-state index contributed by atoms with van der Waals surface area (Å²) in [6.07, 6.45) is 4.77. The Bertz CT molecular complexity index is 1140. The van der Waals surface area contributed by atoms with Crippen molar-refractivity contribution in [1.82, 2.24) is 9.97 Å². The van der Waals surface area contributed by atoms with E-state index < -0.39 is 11.8 Å². The first-order valence-corrected chi connectivity index (χ1v) is 9.55. The summed E-state index contributed by atoms with van der Waals surface area (Å²) in [6.45, 7) is 0. The molecular formula is C20H15Cl2N3O4. The van der Waals surface area contributed by atoms with Gasteiger partial charge in [0.05, 0.1) is 33.8 Å². The lowest BCUT2D eigenvalue weighted by Crippen LogP contribution is -2.14. The molecule has 148 valence electrons. The summed E-state index contributed by atoms with van der Waals surface area (Å²) in [5.74, 6) is -0.738. The van der Waals surface area contributed by atoms with Crippen molar-refractivity contribution in [3.05, 3.63) is 57.3 Å². The van der Waals surface area contributed by atoms with Crippen LogP contribution in [0.25, 0.3) is 10.9 Å². The molecule has 9 heteroatoms. The summed E-state index contributed by atoms with van der Waals surface area (Å²) < 4.78 is 4.65. The number of carbonyl (C=O) groups is 3. The molecule has 0 unspecified atom stereocenters. The van der Waals surface area contributed by atoms with Crippen molar-refractivity contribution in [1.29, 1.82) is 0 Å². The van der Waals surface area contributed by atoms with Gasteiger partial charge in [0.2, 0.25) is 5.91 Å². The molecule has 2 aromatic heterocycles. The Labute approximate surface area is 175 Å². The van der Waals surface area contributed by atoms with Gasteiger partial charge in [0, 0.05) is 29.3 Å². The van der Waals surface area contributed by atoms with E-state index in [1.807, 2.05) is 0 Å². The van der Waals surface area contributed by atoms with E-state index in [4.69, 9.17) is 23.2 Å². The number of fused-ring (bicyclic) bond motifs is 1. The number of nitrogens with one attached hydrogen (secondary N) is 2. The number of esters is 1. The van der Waals surface area contributed by atoms with Gasteiger partial charge in [0.1, 0.15) is 0 Å². The van der Waals surface area contributed by atoms with Crippen LogP contribution in [-0.2, 0) is 9.53 Å². The Hall–Kier alpha value is -2.90. The van der Waals surface area contributed by atoms with Gasteiger partial charge in [0.15, 0.2) is 11.6 Å². The number of anilines is 1. The van der Waals surface area contributed by atoms with E-state index in [9.17, 15) is 14.4 Å². The molecule has 1 fully saturated rings. The molecule has 1 saturated carbocycles.